The molecule has 86 valence electrons. The second-order valence-corrected chi connectivity index (χ2v) is 5.75. The summed E-state index contributed by atoms with van der Waals surface area (Å²) in [6, 6.07) is 10.9. The SMILES string of the molecule is C[C@@H]1CCN(Cc2ccccc2)CC12CC2. The minimum atomic E-state index is 0.715. The molecule has 0 aromatic heterocycles. The summed E-state index contributed by atoms with van der Waals surface area (Å²) in [5.74, 6) is 0.958. The second kappa shape index (κ2) is 3.89. The lowest BCUT2D eigenvalue weighted by molar-refractivity contribution is 0.106. The lowest BCUT2D eigenvalue weighted by atomic mass is 9.84. The van der Waals surface area contributed by atoms with Crippen LogP contribution in [0.3, 0.4) is 0 Å². The van der Waals surface area contributed by atoms with Gasteiger partial charge >= 0.3 is 0 Å². The molecule has 1 aliphatic carbocycles. The van der Waals surface area contributed by atoms with E-state index in [4.69, 9.17) is 0 Å². The van der Waals surface area contributed by atoms with Gasteiger partial charge in [0.15, 0.2) is 0 Å². The zero-order chi connectivity index (χ0) is 11.0. The molecule has 1 aromatic carbocycles. The van der Waals surface area contributed by atoms with Crippen LogP contribution in [-0.2, 0) is 6.54 Å². The highest BCUT2D eigenvalue weighted by molar-refractivity contribution is 5.15. The lowest BCUT2D eigenvalue weighted by Crippen LogP contribution is -2.40. The Morgan fingerprint density at radius 2 is 2.00 bits per heavy atom. The largest absolute Gasteiger partial charge is 0.299 e. The van der Waals surface area contributed by atoms with Gasteiger partial charge in [-0.05, 0) is 42.7 Å². The van der Waals surface area contributed by atoms with E-state index in [9.17, 15) is 0 Å². The van der Waals surface area contributed by atoms with E-state index in [-0.39, 0.29) is 0 Å². The van der Waals surface area contributed by atoms with Crippen molar-refractivity contribution in [3.8, 4) is 0 Å². The van der Waals surface area contributed by atoms with E-state index in [1.54, 1.807) is 0 Å². The molecule has 0 unspecified atom stereocenters. The van der Waals surface area contributed by atoms with Crippen molar-refractivity contribution in [1.82, 2.24) is 4.90 Å². The summed E-state index contributed by atoms with van der Waals surface area (Å²) in [7, 11) is 0. The van der Waals surface area contributed by atoms with Crippen LogP contribution in [0.25, 0.3) is 0 Å². The minimum Gasteiger partial charge on any atom is -0.299 e. The van der Waals surface area contributed by atoms with Gasteiger partial charge in [0.2, 0.25) is 0 Å². The Labute approximate surface area is 98.5 Å². The molecule has 1 saturated heterocycles. The summed E-state index contributed by atoms with van der Waals surface area (Å²) in [6.07, 6.45) is 4.34. The van der Waals surface area contributed by atoms with Gasteiger partial charge < -0.3 is 0 Å². The van der Waals surface area contributed by atoms with E-state index < -0.39 is 0 Å². The van der Waals surface area contributed by atoms with Crippen molar-refractivity contribution in [2.24, 2.45) is 11.3 Å². The average molecular weight is 215 g/mol. The molecule has 0 N–H and O–H groups in total. The number of piperidine rings is 1. The van der Waals surface area contributed by atoms with Crippen LogP contribution in [0, 0.1) is 11.3 Å². The summed E-state index contributed by atoms with van der Waals surface area (Å²) in [4.78, 5) is 2.66. The fourth-order valence-electron chi connectivity index (χ4n) is 3.15. The summed E-state index contributed by atoms with van der Waals surface area (Å²) in [5, 5.41) is 0. The molecule has 1 atom stereocenters. The third-order valence-corrected chi connectivity index (χ3v) is 4.60. The number of rotatable bonds is 2. The van der Waals surface area contributed by atoms with Gasteiger partial charge in [-0.15, -0.1) is 0 Å². The van der Waals surface area contributed by atoms with Gasteiger partial charge in [-0.3, -0.25) is 4.90 Å². The molecule has 1 saturated carbocycles. The molecule has 2 aliphatic rings. The van der Waals surface area contributed by atoms with E-state index in [1.807, 2.05) is 0 Å². The maximum atomic E-state index is 2.66. The van der Waals surface area contributed by atoms with Crippen molar-refractivity contribution in [1.29, 1.82) is 0 Å². The Bertz CT molecular complexity index is 353. The topological polar surface area (TPSA) is 3.24 Å². The van der Waals surface area contributed by atoms with E-state index >= 15 is 0 Å². The number of hydrogen-bond donors (Lipinski definition) is 0. The Morgan fingerprint density at radius 1 is 1.25 bits per heavy atom. The van der Waals surface area contributed by atoms with Crippen molar-refractivity contribution >= 4 is 0 Å². The van der Waals surface area contributed by atoms with Gasteiger partial charge in [0, 0.05) is 13.1 Å². The lowest BCUT2D eigenvalue weighted by Gasteiger charge is -2.37. The van der Waals surface area contributed by atoms with E-state index in [0.29, 0.717) is 5.41 Å². The maximum absolute atomic E-state index is 2.66. The molecule has 0 radical (unpaired) electrons. The van der Waals surface area contributed by atoms with Crippen LogP contribution >= 0.6 is 0 Å². The molecule has 2 fully saturated rings. The Kier molecular flexibility index (Phi) is 2.51. The molecule has 1 heterocycles. The monoisotopic (exact) mass is 215 g/mol. The first kappa shape index (κ1) is 10.3. The first-order valence-electron chi connectivity index (χ1n) is 6.55. The molecule has 1 heteroatoms. The highest BCUT2D eigenvalue weighted by atomic mass is 15.1. The zero-order valence-corrected chi connectivity index (χ0v) is 10.2. The highest BCUT2D eigenvalue weighted by Gasteiger charge is 2.49. The third-order valence-electron chi connectivity index (χ3n) is 4.60. The standard InChI is InChI=1S/C15H21N/c1-13-7-10-16(12-15(13)8-9-15)11-14-5-3-2-4-6-14/h2-6,13H,7-12H2,1H3/t13-/m1/s1. The molecule has 0 amide bonds. The van der Waals surface area contributed by atoms with Gasteiger partial charge in [-0.25, -0.2) is 0 Å². The first-order chi connectivity index (χ1) is 7.78. The Balaban J connectivity index is 1.65. The van der Waals surface area contributed by atoms with E-state index in [1.165, 1.54) is 37.9 Å². The normalized spacial score (nSPS) is 28.2. The quantitative estimate of drug-likeness (QED) is 0.731. The Morgan fingerprint density at radius 3 is 2.69 bits per heavy atom. The van der Waals surface area contributed by atoms with Crippen LogP contribution < -0.4 is 0 Å². The average Bonchev–Trinajstić information content (AvgIpc) is 3.06. The molecule has 1 spiro atoms. The van der Waals surface area contributed by atoms with Crippen molar-refractivity contribution in [2.45, 2.75) is 32.7 Å². The third kappa shape index (κ3) is 1.89. The molecule has 3 rings (SSSR count). The summed E-state index contributed by atoms with van der Waals surface area (Å²) < 4.78 is 0. The first-order valence-corrected chi connectivity index (χ1v) is 6.55. The molecular weight excluding hydrogens is 194 g/mol. The fourth-order valence-corrected chi connectivity index (χ4v) is 3.15. The second-order valence-electron chi connectivity index (χ2n) is 5.75. The number of nitrogens with zero attached hydrogens (tertiary/aromatic N) is 1. The van der Waals surface area contributed by atoms with Crippen LogP contribution in [0.1, 0.15) is 31.7 Å². The van der Waals surface area contributed by atoms with Gasteiger partial charge in [0.25, 0.3) is 0 Å². The summed E-state index contributed by atoms with van der Waals surface area (Å²) >= 11 is 0. The zero-order valence-electron chi connectivity index (χ0n) is 10.2. The smallest absolute Gasteiger partial charge is 0.0233 e. The highest BCUT2D eigenvalue weighted by Crippen LogP contribution is 2.55. The number of hydrogen-bond acceptors (Lipinski definition) is 1. The van der Waals surface area contributed by atoms with Gasteiger partial charge in [-0.2, -0.15) is 0 Å². The van der Waals surface area contributed by atoms with E-state index in [2.05, 4.69) is 42.2 Å². The van der Waals surface area contributed by atoms with Gasteiger partial charge in [0.1, 0.15) is 0 Å². The number of benzene rings is 1. The fraction of sp³-hybridized carbons (Fsp3) is 0.600. The van der Waals surface area contributed by atoms with Crippen LogP contribution in [0.5, 0.6) is 0 Å². The van der Waals surface area contributed by atoms with Crippen molar-refractivity contribution in [3.63, 3.8) is 0 Å². The van der Waals surface area contributed by atoms with Crippen LogP contribution in [-0.4, -0.2) is 18.0 Å². The van der Waals surface area contributed by atoms with Gasteiger partial charge in [-0.1, -0.05) is 37.3 Å². The molecule has 1 nitrogen and oxygen atoms in total. The summed E-state index contributed by atoms with van der Waals surface area (Å²) in [6.45, 7) is 6.23. The molecule has 0 bridgehead atoms. The Hall–Kier alpha value is -0.820. The van der Waals surface area contributed by atoms with Gasteiger partial charge in [0.05, 0.1) is 0 Å². The predicted octanol–water partition coefficient (Wildman–Crippen LogP) is 3.31. The molecular formula is C15H21N. The van der Waals surface area contributed by atoms with Crippen LogP contribution in [0.15, 0.2) is 30.3 Å². The van der Waals surface area contributed by atoms with Crippen molar-refractivity contribution in [3.05, 3.63) is 35.9 Å². The maximum Gasteiger partial charge on any atom is 0.0233 e. The predicted molar refractivity (Wildman–Crippen MR) is 67.2 cm³/mol. The summed E-state index contributed by atoms with van der Waals surface area (Å²) in [5.41, 5.74) is 2.18. The van der Waals surface area contributed by atoms with Crippen molar-refractivity contribution in [2.75, 3.05) is 13.1 Å². The number of likely N-dealkylation sites (tertiary alicyclic amines) is 1. The molecule has 1 aromatic rings. The molecule has 16 heavy (non-hydrogen) atoms. The van der Waals surface area contributed by atoms with Crippen molar-refractivity contribution < 1.29 is 0 Å². The van der Waals surface area contributed by atoms with Crippen LogP contribution in [0.2, 0.25) is 0 Å². The minimum absolute atomic E-state index is 0.715. The van der Waals surface area contributed by atoms with Crippen LogP contribution in [0.4, 0.5) is 0 Å². The van der Waals surface area contributed by atoms with E-state index in [0.717, 1.165) is 12.5 Å². The molecule has 1 aliphatic heterocycles.